The molecule has 16 rings (SSSR count). The zero-order valence-corrected chi connectivity index (χ0v) is 63.3. The van der Waals surface area contributed by atoms with Gasteiger partial charge in [-0.15, -0.1) is 0 Å². The maximum atomic E-state index is 16.0. The molecule has 0 unspecified atom stereocenters. The molecule has 4 heterocycles. The van der Waals surface area contributed by atoms with Gasteiger partial charge in [0.1, 0.15) is 0 Å². The molecule has 12 heteroatoms. The first-order chi connectivity index (χ1) is 51.9. The van der Waals surface area contributed by atoms with E-state index in [9.17, 15) is 0 Å². The lowest BCUT2D eigenvalue weighted by Crippen LogP contribution is -2.33. The Morgan fingerprint density at radius 1 is 0.160 bits per heavy atom. The molecule has 0 N–H and O–H groups in total. The maximum absolute atomic E-state index is 16.0. The van der Waals surface area contributed by atoms with Gasteiger partial charge in [0, 0.05) is 90.8 Å². The number of fused-ring (bicyclic) bond motifs is 7. The second kappa shape index (κ2) is 30.4. The molecule has 12 aromatic carbocycles. The summed E-state index contributed by atoms with van der Waals surface area (Å²) in [5.74, 6) is 0. The van der Waals surface area contributed by atoms with Crippen molar-refractivity contribution in [3.8, 4) is 0 Å². The molecular weight excluding hydrogens is 1310 g/mol. The summed E-state index contributed by atoms with van der Waals surface area (Å²) in [6, 6.07) is 23.4. The normalized spacial score (nSPS) is 12.8. The van der Waals surface area contributed by atoms with Crippen LogP contribution in [0.3, 0.4) is 0 Å². The van der Waals surface area contributed by atoms with E-state index >= 15 is 38.4 Å². The van der Waals surface area contributed by atoms with E-state index in [1.165, 1.54) is 147 Å². The number of aromatic nitrogens is 4. The van der Waals surface area contributed by atoms with Gasteiger partial charge in [0.25, 0.3) is 44.5 Å². The molecule has 0 saturated carbocycles. The van der Waals surface area contributed by atoms with Crippen molar-refractivity contribution in [1.82, 2.24) is 18.3 Å². The third-order valence-electron chi connectivity index (χ3n) is 25.3. The Hall–Kier alpha value is -8.90. The Bertz CT molecular complexity index is 5670. The highest BCUT2D eigenvalue weighted by atomic mass is 16.2. The van der Waals surface area contributed by atoms with E-state index in [1.807, 2.05) is 72.8 Å². The molecule has 0 aliphatic rings. The summed E-state index contributed by atoms with van der Waals surface area (Å²) >= 11 is 0. The number of rotatable bonds is 40. The van der Waals surface area contributed by atoms with Gasteiger partial charge in [0.05, 0.1) is 0 Å². The Labute approximate surface area is 617 Å². The average Bonchev–Trinajstić information content (AvgIpc) is 0.651. The Kier molecular flexibility index (Phi) is 20.5. The molecule has 4 aromatic heterocycles. The van der Waals surface area contributed by atoms with Gasteiger partial charge in [0.2, 0.25) is 0 Å². The van der Waals surface area contributed by atoms with Crippen LogP contribution < -0.4 is 44.5 Å². The van der Waals surface area contributed by atoms with Crippen LogP contribution in [0.15, 0.2) is 111 Å². The van der Waals surface area contributed by atoms with Crippen molar-refractivity contribution in [3.05, 3.63) is 156 Å². The fraction of sp³-hybridized carbons (Fsp3) is 0.468. The minimum atomic E-state index is -0.377. The molecule has 16 aromatic rings. The lowest BCUT2D eigenvalue weighted by molar-refractivity contribution is 0.530. The molecule has 0 bridgehead atoms. The number of benzene rings is 12. The van der Waals surface area contributed by atoms with Crippen LogP contribution >= 0.6 is 0 Å². The van der Waals surface area contributed by atoms with Gasteiger partial charge in [-0.05, 0) is 171 Å². The van der Waals surface area contributed by atoms with Crippen molar-refractivity contribution in [2.45, 2.75) is 285 Å². The van der Waals surface area contributed by atoms with Crippen molar-refractivity contribution in [2.75, 3.05) is 0 Å². The molecular formula is C94H104N4O8. The first kappa shape index (κ1) is 71.4. The van der Waals surface area contributed by atoms with E-state index in [-0.39, 0.29) is 70.7 Å². The predicted molar refractivity (Wildman–Crippen MR) is 450 cm³/mol. The summed E-state index contributed by atoms with van der Waals surface area (Å²) in [5.41, 5.74) is -2.85. The van der Waals surface area contributed by atoms with Crippen molar-refractivity contribution >= 4 is 162 Å². The zero-order chi connectivity index (χ0) is 73.0. The highest BCUT2D eigenvalue weighted by Gasteiger charge is 2.33. The van der Waals surface area contributed by atoms with E-state index < -0.39 is 0 Å². The van der Waals surface area contributed by atoms with Crippen molar-refractivity contribution in [1.29, 1.82) is 0 Å². The molecule has 548 valence electrons. The van der Waals surface area contributed by atoms with Gasteiger partial charge in [-0.1, -0.05) is 257 Å². The van der Waals surface area contributed by atoms with E-state index in [0.29, 0.717) is 123 Å². The summed E-state index contributed by atoms with van der Waals surface area (Å²) in [6.07, 6.45) is 38.8. The molecule has 0 spiro atoms. The van der Waals surface area contributed by atoms with Gasteiger partial charge >= 0.3 is 0 Å². The van der Waals surface area contributed by atoms with Crippen molar-refractivity contribution in [2.24, 2.45) is 0 Å². The van der Waals surface area contributed by atoms with E-state index in [2.05, 4.69) is 27.7 Å². The van der Waals surface area contributed by atoms with Crippen LogP contribution in [0.25, 0.3) is 162 Å². The van der Waals surface area contributed by atoms with Gasteiger partial charge in [-0.25, -0.2) is 0 Å². The number of nitrogens with zero attached hydrogens (tertiary/aromatic N) is 4. The van der Waals surface area contributed by atoms with Crippen LogP contribution in [-0.4, -0.2) is 18.3 Å². The van der Waals surface area contributed by atoms with Crippen LogP contribution in [-0.2, 0) is 26.2 Å². The molecule has 0 aliphatic heterocycles. The Morgan fingerprint density at radius 3 is 0.491 bits per heavy atom. The summed E-state index contributed by atoms with van der Waals surface area (Å²) in [7, 11) is 0. The van der Waals surface area contributed by atoms with E-state index in [0.717, 1.165) is 142 Å². The number of unbranched alkanes of at least 4 members (excludes halogenated alkanes) is 32. The van der Waals surface area contributed by atoms with Crippen LogP contribution in [0.1, 0.15) is 259 Å². The third kappa shape index (κ3) is 11.8. The van der Waals surface area contributed by atoms with E-state index in [4.69, 9.17) is 0 Å². The van der Waals surface area contributed by atoms with Crippen LogP contribution in [0, 0.1) is 0 Å². The largest absolute Gasteiger partial charge is 0.274 e. The smallest absolute Gasteiger partial charge is 0.261 e. The second-order valence-corrected chi connectivity index (χ2v) is 32.1. The van der Waals surface area contributed by atoms with Crippen molar-refractivity contribution < 1.29 is 0 Å². The minimum absolute atomic E-state index is 0.261. The van der Waals surface area contributed by atoms with Crippen molar-refractivity contribution in [3.63, 3.8) is 0 Å². The number of hydrogen-bond donors (Lipinski definition) is 0. The Balaban J connectivity index is 1.00. The van der Waals surface area contributed by atoms with Gasteiger partial charge in [0.15, 0.2) is 0 Å². The zero-order valence-electron chi connectivity index (χ0n) is 63.3. The Morgan fingerprint density at radius 2 is 0.302 bits per heavy atom. The molecule has 0 saturated heterocycles. The summed E-state index contributed by atoms with van der Waals surface area (Å²) < 4.78 is 5.80. The molecule has 106 heavy (non-hydrogen) atoms. The summed E-state index contributed by atoms with van der Waals surface area (Å²) in [5, 5.41) is 18.9. The molecule has 0 atom stereocenters. The lowest BCUT2D eigenvalue weighted by Gasteiger charge is -2.26. The molecule has 0 amide bonds. The average molecular weight is 1420 g/mol. The maximum Gasteiger partial charge on any atom is 0.261 e. The minimum Gasteiger partial charge on any atom is -0.274 e. The monoisotopic (exact) mass is 1420 g/mol. The SMILES string of the molecule is CCCCCCCCCCCn1c(=O)c2ccc3c4ccc5c(=O)n(CCCCCCCCCCC)c(=O)c6cc7c8c9cc%10c(=O)n(CCCCCCCCCCC)c(=O)c%11ccc%12c%13ccc%14c(=O)n(CCCCCCCCCCC)c(=O)c%15cc(c8c8cc(c1=O)c2c3c8c7c4c56)c(c%13c%14%15)c9c%12c%11%10. The van der Waals surface area contributed by atoms with Crippen LogP contribution in [0.2, 0.25) is 0 Å². The standard InChI is InChI=1S/C94H104N4O8/c1-5-9-13-17-21-25-29-33-37-49-95-87(99)61-45-41-57-58-42-46-62-74-71(93(105)97(88(62)100)51-39-35-31-27-23-19-15-11-7-3)55-67-78-68-56-72-76-64(90(102)98(94(72)106)52-40-36-32-28-24-20-16-12-8-4)48-44-60-59-43-47-63-75-70(92(104)96(89(63)101)50-38-34-30-26-22-18-14-10-6-2)54-66(85(81(59)75)86(68)82(60)76)77(78)65-53-69(91(95)103)73(61)79(57)83(65)84(67)80(58)74/h41-48,53-56H,5-40,49-52H2,1-4H3. The second-order valence-electron chi connectivity index (χ2n) is 32.1. The molecule has 12 nitrogen and oxygen atoms in total. The van der Waals surface area contributed by atoms with Gasteiger partial charge in [-0.3, -0.25) is 56.6 Å². The topological polar surface area (TPSA) is 156 Å². The first-order valence-corrected chi connectivity index (χ1v) is 41.7. The highest BCUT2D eigenvalue weighted by Crippen LogP contribution is 2.57. The lowest BCUT2D eigenvalue weighted by atomic mass is 9.76. The first-order valence-electron chi connectivity index (χ1n) is 41.7. The van der Waals surface area contributed by atoms with Crippen LogP contribution in [0.5, 0.6) is 0 Å². The quantitative estimate of drug-likeness (QED) is 0.0209. The molecule has 0 aliphatic carbocycles. The fourth-order valence-corrected chi connectivity index (χ4v) is 19.9. The fourth-order valence-electron chi connectivity index (χ4n) is 19.9. The van der Waals surface area contributed by atoms with Crippen LogP contribution in [0.4, 0.5) is 0 Å². The molecule has 0 fully saturated rings. The highest BCUT2D eigenvalue weighted by molar-refractivity contribution is 6.56. The molecule has 0 radical (unpaired) electrons. The summed E-state index contributed by atoms with van der Waals surface area (Å²) in [4.78, 5) is 125. The number of hydrogen-bond acceptors (Lipinski definition) is 8. The van der Waals surface area contributed by atoms with E-state index in [1.54, 1.807) is 0 Å². The predicted octanol–water partition coefficient (Wildman–Crippen LogP) is 22.7. The number of pyridine rings is 4. The van der Waals surface area contributed by atoms with Gasteiger partial charge < -0.3 is 0 Å². The summed E-state index contributed by atoms with van der Waals surface area (Å²) in [6.45, 7) is 9.96. The third-order valence-corrected chi connectivity index (χ3v) is 25.3. The van der Waals surface area contributed by atoms with Gasteiger partial charge in [-0.2, -0.15) is 0 Å².